The molecule has 0 bridgehead atoms. The summed E-state index contributed by atoms with van der Waals surface area (Å²) in [6.45, 7) is 5.02. The van der Waals surface area contributed by atoms with Gasteiger partial charge in [0, 0.05) is 49.1 Å². The molecule has 0 aliphatic carbocycles. The third-order valence-corrected chi connectivity index (χ3v) is 5.25. The van der Waals surface area contributed by atoms with Crippen molar-refractivity contribution < 1.29 is 9.47 Å². The summed E-state index contributed by atoms with van der Waals surface area (Å²) in [5.41, 5.74) is 2.47. The maximum atomic E-state index is 5.73. The first-order valence-electron chi connectivity index (χ1n) is 8.24. The van der Waals surface area contributed by atoms with Crippen LogP contribution < -0.4 is 14.8 Å². The van der Waals surface area contributed by atoms with Crippen LogP contribution in [0.2, 0.25) is 0 Å². The van der Waals surface area contributed by atoms with E-state index in [1.165, 1.54) is 11.1 Å². The number of hydrogen-bond acceptors (Lipinski definition) is 5. The maximum Gasteiger partial charge on any atom is 0.162 e. The number of ether oxygens (including phenoxy) is 2. The molecule has 0 spiro atoms. The van der Waals surface area contributed by atoms with Crippen LogP contribution in [0.1, 0.15) is 17.2 Å². The quantitative estimate of drug-likeness (QED) is 0.817. The molecule has 0 saturated carbocycles. The van der Waals surface area contributed by atoms with Crippen molar-refractivity contribution >= 4 is 28.3 Å². The van der Waals surface area contributed by atoms with Crippen LogP contribution in [0, 0.1) is 0 Å². The smallest absolute Gasteiger partial charge is 0.162 e. The van der Waals surface area contributed by atoms with E-state index in [0.717, 1.165) is 42.2 Å². The number of benzene rings is 1. The molecule has 134 valence electrons. The van der Waals surface area contributed by atoms with Crippen LogP contribution in [-0.4, -0.2) is 42.7 Å². The molecule has 7 heteroatoms. The number of aromatic nitrogens is 1. The predicted octanol–water partition coefficient (Wildman–Crippen LogP) is 3.18. The summed E-state index contributed by atoms with van der Waals surface area (Å²) in [6.07, 6.45) is 3.78. The van der Waals surface area contributed by atoms with Gasteiger partial charge >= 0.3 is 0 Å². The van der Waals surface area contributed by atoms with Gasteiger partial charge in [-0.3, -0.25) is 9.88 Å². The lowest BCUT2D eigenvalue weighted by atomic mass is 10.0. The molecular formula is C18H21BrClN3O2. The van der Waals surface area contributed by atoms with Crippen LogP contribution in [0.4, 0.5) is 0 Å². The van der Waals surface area contributed by atoms with Gasteiger partial charge in [-0.25, -0.2) is 0 Å². The normalized spacial score (nSPS) is 20.0. The van der Waals surface area contributed by atoms with E-state index in [9.17, 15) is 0 Å². The summed E-state index contributed by atoms with van der Waals surface area (Å²) in [5.74, 6) is 1.66. The minimum Gasteiger partial charge on any atom is -0.486 e. The van der Waals surface area contributed by atoms with E-state index < -0.39 is 0 Å². The van der Waals surface area contributed by atoms with Crippen molar-refractivity contribution in [3.63, 3.8) is 0 Å². The Bertz CT molecular complexity index is 717. The van der Waals surface area contributed by atoms with Crippen LogP contribution in [0.5, 0.6) is 11.5 Å². The molecule has 5 nitrogen and oxygen atoms in total. The van der Waals surface area contributed by atoms with E-state index in [1.54, 1.807) is 0 Å². The van der Waals surface area contributed by atoms with Gasteiger partial charge in [0.05, 0.1) is 0 Å². The van der Waals surface area contributed by atoms with E-state index in [2.05, 4.69) is 43.3 Å². The first kappa shape index (κ1) is 18.5. The number of halogens is 2. The Morgan fingerprint density at radius 2 is 2.04 bits per heavy atom. The summed E-state index contributed by atoms with van der Waals surface area (Å²) >= 11 is 3.69. The van der Waals surface area contributed by atoms with E-state index in [1.807, 2.05) is 24.5 Å². The number of piperazine rings is 1. The molecule has 25 heavy (non-hydrogen) atoms. The average molecular weight is 427 g/mol. The molecule has 1 atom stereocenters. The van der Waals surface area contributed by atoms with Gasteiger partial charge < -0.3 is 14.8 Å². The van der Waals surface area contributed by atoms with Crippen molar-refractivity contribution in [2.75, 3.05) is 32.8 Å². The monoisotopic (exact) mass is 425 g/mol. The first-order valence-corrected chi connectivity index (χ1v) is 9.03. The van der Waals surface area contributed by atoms with Crippen LogP contribution in [0.3, 0.4) is 0 Å². The van der Waals surface area contributed by atoms with Gasteiger partial charge in [0.15, 0.2) is 11.5 Å². The predicted molar refractivity (Wildman–Crippen MR) is 103 cm³/mol. The van der Waals surface area contributed by atoms with Crippen molar-refractivity contribution in [1.29, 1.82) is 0 Å². The largest absolute Gasteiger partial charge is 0.486 e. The minimum atomic E-state index is 0. The SMILES string of the molecule is Brc1cc2c(cc1CN1CCNCC1c1cccnc1)OCCO2.Cl. The Morgan fingerprint density at radius 3 is 2.80 bits per heavy atom. The highest BCUT2D eigenvalue weighted by molar-refractivity contribution is 9.10. The number of nitrogens with one attached hydrogen (secondary N) is 1. The third-order valence-electron chi connectivity index (χ3n) is 4.51. The lowest BCUT2D eigenvalue weighted by Crippen LogP contribution is -2.45. The van der Waals surface area contributed by atoms with Crippen LogP contribution in [-0.2, 0) is 6.54 Å². The van der Waals surface area contributed by atoms with Crippen molar-refractivity contribution in [3.05, 3.63) is 52.3 Å². The van der Waals surface area contributed by atoms with Gasteiger partial charge in [-0.15, -0.1) is 12.4 Å². The molecule has 1 saturated heterocycles. The van der Waals surface area contributed by atoms with Crippen molar-refractivity contribution in [1.82, 2.24) is 15.2 Å². The average Bonchev–Trinajstić information content (AvgIpc) is 2.63. The van der Waals surface area contributed by atoms with Crippen LogP contribution >= 0.6 is 28.3 Å². The Labute approximate surface area is 162 Å². The van der Waals surface area contributed by atoms with Gasteiger partial charge in [0.2, 0.25) is 0 Å². The second-order valence-electron chi connectivity index (χ2n) is 6.06. The summed E-state index contributed by atoms with van der Waals surface area (Å²) in [7, 11) is 0. The molecule has 1 aromatic heterocycles. The molecule has 1 unspecified atom stereocenters. The number of nitrogens with zero attached hydrogens (tertiary/aromatic N) is 2. The maximum absolute atomic E-state index is 5.73. The Kier molecular flexibility index (Phi) is 6.17. The molecule has 3 heterocycles. The third kappa shape index (κ3) is 4.08. The van der Waals surface area contributed by atoms with Crippen molar-refractivity contribution in [2.45, 2.75) is 12.6 Å². The second kappa shape index (κ2) is 8.36. The molecule has 2 aliphatic heterocycles. The zero-order valence-electron chi connectivity index (χ0n) is 13.8. The first-order chi connectivity index (χ1) is 11.8. The van der Waals surface area contributed by atoms with E-state index in [0.29, 0.717) is 19.3 Å². The summed E-state index contributed by atoms with van der Waals surface area (Å²) in [5, 5.41) is 3.49. The topological polar surface area (TPSA) is 46.6 Å². The number of fused-ring (bicyclic) bond motifs is 1. The number of pyridine rings is 1. The molecule has 1 fully saturated rings. The van der Waals surface area contributed by atoms with E-state index in [-0.39, 0.29) is 12.4 Å². The van der Waals surface area contributed by atoms with Crippen LogP contribution in [0.25, 0.3) is 0 Å². The van der Waals surface area contributed by atoms with Gasteiger partial charge in [0.1, 0.15) is 13.2 Å². The standard InChI is InChI=1S/C18H20BrN3O2.ClH/c19-15-9-18-17(23-6-7-24-18)8-14(15)12-22-5-4-21-11-16(22)13-2-1-3-20-10-13;/h1-3,8-10,16,21H,4-7,11-12H2;1H. The van der Waals surface area contributed by atoms with Gasteiger partial charge in [-0.1, -0.05) is 22.0 Å². The Balaban J connectivity index is 0.00000182. The fraction of sp³-hybridized carbons (Fsp3) is 0.389. The Hall–Kier alpha value is -1.34. The number of hydrogen-bond donors (Lipinski definition) is 1. The van der Waals surface area contributed by atoms with Gasteiger partial charge in [0.25, 0.3) is 0 Å². The summed E-state index contributed by atoms with van der Waals surface area (Å²) < 4.78 is 12.5. The molecule has 1 aromatic carbocycles. The highest BCUT2D eigenvalue weighted by atomic mass is 79.9. The molecule has 4 rings (SSSR count). The Morgan fingerprint density at radius 1 is 1.24 bits per heavy atom. The molecule has 2 aliphatic rings. The van der Waals surface area contributed by atoms with Gasteiger partial charge in [-0.05, 0) is 29.3 Å². The van der Waals surface area contributed by atoms with Crippen molar-refractivity contribution in [3.8, 4) is 11.5 Å². The fourth-order valence-electron chi connectivity index (χ4n) is 3.28. The fourth-order valence-corrected chi connectivity index (χ4v) is 3.73. The molecule has 0 radical (unpaired) electrons. The molecular weight excluding hydrogens is 406 g/mol. The zero-order valence-corrected chi connectivity index (χ0v) is 16.2. The molecule has 0 amide bonds. The summed E-state index contributed by atoms with van der Waals surface area (Å²) in [6, 6.07) is 8.59. The highest BCUT2D eigenvalue weighted by Gasteiger charge is 2.25. The minimum absolute atomic E-state index is 0. The number of rotatable bonds is 3. The molecule has 1 N–H and O–H groups in total. The zero-order chi connectivity index (χ0) is 16.4. The highest BCUT2D eigenvalue weighted by Crippen LogP contribution is 2.37. The van der Waals surface area contributed by atoms with E-state index in [4.69, 9.17) is 9.47 Å². The summed E-state index contributed by atoms with van der Waals surface area (Å²) in [4.78, 5) is 6.77. The van der Waals surface area contributed by atoms with E-state index >= 15 is 0 Å². The second-order valence-corrected chi connectivity index (χ2v) is 6.92. The lowest BCUT2D eigenvalue weighted by Gasteiger charge is -2.36. The van der Waals surface area contributed by atoms with Crippen LogP contribution in [0.15, 0.2) is 41.1 Å². The van der Waals surface area contributed by atoms with Crippen molar-refractivity contribution in [2.24, 2.45) is 0 Å². The molecule has 2 aromatic rings. The lowest BCUT2D eigenvalue weighted by molar-refractivity contribution is 0.151. The van der Waals surface area contributed by atoms with Gasteiger partial charge in [-0.2, -0.15) is 0 Å².